The van der Waals surface area contributed by atoms with E-state index in [-0.39, 0.29) is 14.9 Å². The van der Waals surface area contributed by atoms with Crippen molar-refractivity contribution in [3.8, 4) is 0 Å². The van der Waals surface area contributed by atoms with Gasteiger partial charge in [-0.3, -0.25) is 24.7 Å². The van der Waals surface area contributed by atoms with Crippen LogP contribution >= 0.6 is 0 Å². The van der Waals surface area contributed by atoms with Crippen molar-refractivity contribution >= 4 is 0 Å². The van der Waals surface area contributed by atoms with Crippen LogP contribution in [0.1, 0.15) is 90.0 Å². The van der Waals surface area contributed by atoms with Gasteiger partial charge in [0.2, 0.25) is 0 Å². The zero-order valence-electron chi connectivity index (χ0n) is 24.0. The van der Waals surface area contributed by atoms with E-state index in [0.717, 1.165) is 39.3 Å². The highest BCUT2D eigenvalue weighted by Crippen LogP contribution is 2.19. The van der Waals surface area contributed by atoms with Crippen molar-refractivity contribution in [1.82, 2.24) is 34.6 Å². The van der Waals surface area contributed by atoms with Crippen LogP contribution in [0.4, 0.5) is 0 Å². The summed E-state index contributed by atoms with van der Waals surface area (Å²) in [6.45, 7) is 18.2. The van der Waals surface area contributed by atoms with E-state index in [1.54, 1.807) is 6.33 Å². The van der Waals surface area contributed by atoms with Crippen LogP contribution in [0.15, 0.2) is 49.3 Å². The van der Waals surface area contributed by atoms with E-state index in [0.29, 0.717) is 0 Å². The first kappa shape index (κ1) is 37.4. The molecule has 3 aromatic heterocycles. The summed E-state index contributed by atoms with van der Waals surface area (Å²) in [5, 5.41) is 0. The molecule has 0 radical (unpaired) electrons. The number of hydrogen-bond donors (Lipinski definition) is 0. The van der Waals surface area contributed by atoms with Crippen LogP contribution in [-0.2, 0) is 39.3 Å². The lowest BCUT2D eigenvalue weighted by atomic mass is 10.2. The van der Waals surface area contributed by atoms with Crippen molar-refractivity contribution in [3.63, 3.8) is 0 Å². The molecule has 0 aromatic carbocycles. The Bertz CT molecular complexity index is 791. The van der Waals surface area contributed by atoms with Gasteiger partial charge in [-0.05, 0) is 50.0 Å². The topological polar surface area (TPSA) is 61.3 Å². The maximum absolute atomic E-state index is 4.27. The van der Waals surface area contributed by atoms with E-state index in [4.69, 9.17) is 0 Å². The molecule has 0 saturated heterocycles. The van der Waals surface area contributed by atoms with E-state index in [1.165, 1.54) is 33.6 Å². The molecule has 0 bridgehead atoms. The summed E-state index contributed by atoms with van der Waals surface area (Å²) >= 11 is 0. The summed E-state index contributed by atoms with van der Waals surface area (Å²) in [6, 6.07) is 6.24. The molecule has 0 amide bonds. The van der Waals surface area contributed by atoms with Crippen molar-refractivity contribution in [2.45, 2.75) is 95.7 Å². The summed E-state index contributed by atoms with van der Waals surface area (Å²) in [5.74, 6) is 0. The molecule has 7 nitrogen and oxygen atoms in total. The first-order chi connectivity index (χ1) is 17.6. The molecular formula is C31H55N7. The molecular weight excluding hydrogens is 470 g/mol. The Hall–Kier alpha value is -2.74. The first-order valence-electron chi connectivity index (χ1n) is 13.3. The van der Waals surface area contributed by atoms with Gasteiger partial charge < -0.3 is 0 Å². The third kappa shape index (κ3) is 11.8. The third-order valence-corrected chi connectivity index (χ3v) is 5.47. The number of pyridine rings is 2. The van der Waals surface area contributed by atoms with Crippen LogP contribution in [-0.4, -0.2) is 55.8 Å². The van der Waals surface area contributed by atoms with E-state index in [2.05, 4.69) is 67.9 Å². The normalized spacial score (nSPS) is 14.1. The van der Waals surface area contributed by atoms with Crippen molar-refractivity contribution in [2.75, 3.05) is 21.1 Å². The predicted molar refractivity (Wildman–Crippen MR) is 164 cm³/mol. The Morgan fingerprint density at radius 1 is 0.526 bits per heavy atom. The Kier molecular flexibility index (Phi) is 20.9. The molecule has 0 N–H and O–H groups in total. The van der Waals surface area contributed by atoms with Gasteiger partial charge in [-0.1, -0.05) is 62.5 Å². The lowest BCUT2D eigenvalue weighted by Gasteiger charge is -2.02. The maximum Gasteiger partial charge on any atom is 0.115 e. The summed E-state index contributed by atoms with van der Waals surface area (Å²) < 4.78 is 0. The Labute approximate surface area is 234 Å². The zero-order valence-corrected chi connectivity index (χ0v) is 24.0. The van der Waals surface area contributed by atoms with E-state index < -0.39 is 0 Å². The maximum atomic E-state index is 4.27. The second-order valence-corrected chi connectivity index (χ2v) is 8.27. The van der Waals surface area contributed by atoms with Gasteiger partial charge in [0.25, 0.3) is 0 Å². The van der Waals surface area contributed by atoms with Gasteiger partial charge in [0.05, 0.1) is 11.4 Å². The van der Waals surface area contributed by atoms with Crippen molar-refractivity contribution < 1.29 is 0 Å². The summed E-state index contributed by atoms with van der Waals surface area (Å²) in [6.07, 6.45) is 9.18. The molecule has 7 heteroatoms. The Balaban J connectivity index is 0. The van der Waals surface area contributed by atoms with Gasteiger partial charge in [0, 0.05) is 69.6 Å². The standard InChI is InChI=1S/2C8H10N2.C7H9N3.3C2H6.2CH4/c1-10-5-7-2-3-9-4-8(7)6-10;1-10-5-7-3-2-4-9-8(7)6-10;1-10-3-6-2-8-5-9-7(6)4-10;3*1-2;;/h2*2-4H,5-6H2,1H3;2,5H,3-4H2,1H3;3*1-2H3;2*1H4. The number of fused-ring (bicyclic) bond motifs is 3. The lowest BCUT2D eigenvalue weighted by molar-refractivity contribution is 0.351. The Morgan fingerprint density at radius 2 is 1.03 bits per heavy atom. The van der Waals surface area contributed by atoms with E-state index >= 15 is 0 Å². The average molecular weight is 526 g/mol. The number of hydrogen-bond acceptors (Lipinski definition) is 7. The highest BCUT2D eigenvalue weighted by molar-refractivity contribution is 5.26. The van der Waals surface area contributed by atoms with Gasteiger partial charge in [-0.15, -0.1) is 0 Å². The monoisotopic (exact) mass is 525 g/mol. The average Bonchev–Trinajstić information content (AvgIpc) is 3.61. The lowest BCUT2D eigenvalue weighted by Crippen LogP contribution is -2.07. The second-order valence-electron chi connectivity index (χ2n) is 8.27. The van der Waals surface area contributed by atoms with Crippen molar-refractivity contribution in [3.05, 3.63) is 83.0 Å². The summed E-state index contributed by atoms with van der Waals surface area (Å²) in [5.41, 5.74) is 7.88. The van der Waals surface area contributed by atoms with E-state index in [1.807, 2.05) is 72.4 Å². The van der Waals surface area contributed by atoms with Crippen molar-refractivity contribution in [1.29, 1.82) is 0 Å². The molecule has 3 aliphatic heterocycles. The van der Waals surface area contributed by atoms with Gasteiger partial charge in [0.1, 0.15) is 6.33 Å². The molecule has 214 valence electrons. The van der Waals surface area contributed by atoms with Gasteiger partial charge in [-0.2, -0.15) is 0 Å². The van der Waals surface area contributed by atoms with Crippen LogP contribution in [0.25, 0.3) is 0 Å². The zero-order chi connectivity index (χ0) is 26.9. The number of rotatable bonds is 0. The highest BCUT2D eigenvalue weighted by atomic mass is 15.1. The minimum atomic E-state index is 0. The smallest absolute Gasteiger partial charge is 0.115 e. The molecule has 0 atom stereocenters. The van der Waals surface area contributed by atoms with Crippen LogP contribution < -0.4 is 0 Å². The van der Waals surface area contributed by atoms with Gasteiger partial charge >= 0.3 is 0 Å². The van der Waals surface area contributed by atoms with Crippen LogP contribution in [0.3, 0.4) is 0 Å². The minimum Gasteiger partial charge on any atom is -0.298 e. The summed E-state index contributed by atoms with van der Waals surface area (Å²) in [7, 11) is 6.32. The SMILES string of the molecule is C.C.CC.CC.CC.CN1Cc2cccnc2C1.CN1Cc2ccncc2C1.CN1Cc2cncnc2C1. The highest BCUT2D eigenvalue weighted by Gasteiger charge is 2.16. The number of aromatic nitrogens is 4. The Morgan fingerprint density at radius 3 is 1.61 bits per heavy atom. The molecule has 0 saturated carbocycles. The van der Waals surface area contributed by atoms with Crippen LogP contribution in [0.2, 0.25) is 0 Å². The third-order valence-electron chi connectivity index (χ3n) is 5.47. The van der Waals surface area contributed by atoms with Crippen molar-refractivity contribution in [2.24, 2.45) is 0 Å². The molecule has 6 rings (SSSR count). The van der Waals surface area contributed by atoms with Gasteiger partial charge in [0.15, 0.2) is 0 Å². The molecule has 6 heterocycles. The predicted octanol–water partition coefficient (Wildman–Crippen LogP) is 6.83. The molecule has 0 unspecified atom stereocenters. The fourth-order valence-electron chi connectivity index (χ4n) is 4.01. The second kappa shape index (κ2) is 21.2. The van der Waals surface area contributed by atoms with Crippen LogP contribution in [0, 0.1) is 0 Å². The molecule has 38 heavy (non-hydrogen) atoms. The summed E-state index contributed by atoms with van der Waals surface area (Å²) in [4.78, 5) is 23.2. The fourth-order valence-corrected chi connectivity index (χ4v) is 4.01. The van der Waals surface area contributed by atoms with Gasteiger partial charge in [-0.25, -0.2) is 9.97 Å². The largest absolute Gasteiger partial charge is 0.298 e. The van der Waals surface area contributed by atoms with Crippen LogP contribution in [0.5, 0.6) is 0 Å². The van der Waals surface area contributed by atoms with E-state index in [9.17, 15) is 0 Å². The molecule has 0 fully saturated rings. The molecule has 3 aromatic rings. The number of nitrogens with zero attached hydrogens (tertiary/aromatic N) is 7. The fraction of sp³-hybridized carbons (Fsp3) is 0.548. The molecule has 0 aliphatic carbocycles. The molecule has 0 spiro atoms. The molecule has 3 aliphatic rings. The first-order valence-corrected chi connectivity index (χ1v) is 13.3. The quantitative estimate of drug-likeness (QED) is 0.319. The minimum absolute atomic E-state index is 0.